The van der Waals surface area contributed by atoms with E-state index in [0.29, 0.717) is 27.9 Å². The van der Waals surface area contributed by atoms with Gasteiger partial charge in [0.2, 0.25) is 0 Å². The van der Waals surface area contributed by atoms with Gasteiger partial charge in [0, 0.05) is 44.8 Å². The number of aromatic nitrogens is 1. The maximum Gasteiger partial charge on any atom is 0.270 e. The molecule has 0 spiro atoms. The topological polar surface area (TPSA) is 72.6 Å². The van der Waals surface area contributed by atoms with E-state index < -0.39 is 0 Å². The van der Waals surface area contributed by atoms with Gasteiger partial charge in [-0.3, -0.25) is 19.1 Å². The highest BCUT2D eigenvalue weighted by Gasteiger charge is 2.33. The van der Waals surface area contributed by atoms with Crippen molar-refractivity contribution in [1.82, 2.24) is 14.4 Å². The smallest absolute Gasteiger partial charge is 0.270 e. The second kappa shape index (κ2) is 16.3. The van der Waals surface area contributed by atoms with Crippen LogP contribution in [0.3, 0.4) is 0 Å². The van der Waals surface area contributed by atoms with Crippen LogP contribution in [0.4, 0.5) is 5.82 Å². The molecule has 0 saturated carbocycles. The van der Waals surface area contributed by atoms with E-state index in [1.165, 1.54) is 63.1 Å². The molecule has 0 aliphatic carbocycles. The molecule has 2 aliphatic heterocycles. The fourth-order valence-corrected chi connectivity index (χ4v) is 6.93. The number of thioether (sulfide) groups is 1. The lowest BCUT2D eigenvalue weighted by atomic mass is 10.0. The highest BCUT2D eigenvalue weighted by Crippen LogP contribution is 2.36. The van der Waals surface area contributed by atoms with E-state index in [1.54, 1.807) is 9.47 Å². The quantitative estimate of drug-likeness (QED) is 0.136. The van der Waals surface area contributed by atoms with E-state index >= 15 is 0 Å². The molecule has 9 heteroatoms. The van der Waals surface area contributed by atoms with Crippen molar-refractivity contribution in [2.24, 2.45) is 0 Å². The summed E-state index contributed by atoms with van der Waals surface area (Å²) in [6.45, 7) is 13.7. The van der Waals surface area contributed by atoms with Gasteiger partial charge in [0.25, 0.3) is 11.5 Å². The molecule has 40 heavy (non-hydrogen) atoms. The van der Waals surface area contributed by atoms with Crippen LogP contribution in [0.15, 0.2) is 9.70 Å². The Labute approximate surface area is 250 Å². The van der Waals surface area contributed by atoms with Crippen molar-refractivity contribution in [3.8, 4) is 6.07 Å². The molecule has 0 N–H and O–H groups in total. The molecule has 0 atom stereocenters. The van der Waals surface area contributed by atoms with Gasteiger partial charge < -0.3 is 9.80 Å². The first-order valence-corrected chi connectivity index (χ1v) is 16.5. The number of hydrogen-bond acceptors (Lipinski definition) is 7. The Kier molecular flexibility index (Phi) is 13.2. The van der Waals surface area contributed by atoms with E-state index in [2.05, 4.69) is 29.7 Å². The highest BCUT2D eigenvalue weighted by atomic mass is 32.2. The van der Waals surface area contributed by atoms with Crippen LogP contribution in [0.2, 0.25) is 0 Å². The molecular formula is C31H47N5O2S2. The normalized spacial score (nSPS) is 17.3. The number of unbranched alkanes of at least 4 members (excludes halogenated alkanes) is 9. The van der Waals surface area contributed by atoms with Crippen LogP contribution in [-0.4, -0.2) is 63.9 Å². The summed E-state index contributed by atoms with van der Waals surface area (Å²) in [4.78, 5) is 33.6. The summed E-state index contributed by atoms with van der Waals surface area (Å²) in [6, 6.07) is 2.12. The molecule has 1 aromatic heterocycles. The van der Waals surface area contributed by atoms with Gasteiger partial charge in [0.1, 0.15) is 21.8 Å². The summed E-state index contributed by atoms with van der Waals surface area (Å²) in [5.74, 6) is 0.736. The zero-order chi connectivity index (χ0) is 29.1. The number of pyridine rings is 1. The summed E-state index contributed by atoms with van der Waals surface area (Å²) in [7, 11) is 0. The first-order valence-electron chi connectivity index (χ1n) is 15.3. The van der Waals surface area contributed by atoms with Crippen molar-refractivity contribution < 1.29 is 4.79 Å². The van der Waals surface area contributed by atoms with E-state index in [-0.39, 0.29) is 17.0 Å². The van der Waals surface area contributed by atoms with Gasteiger partial charge in [-0.1, -0.05) is 95.6 Å². The fourth-order valence-electron chi connectivity index (χ4n) is 5.64. The molecule has 7 nitrogen and oxygen atoms in total. The standard InChI is InChI=1S/C31H47N5O2S2/c1-5-8-9-10-11-12-13-14-15-16-17-36-30(38)27(40-31(36)39)22-25-24(4)26(23-32)29(37)35(7-3)28(25)34-20-18-33(6-2)19-21-34/h22H,5-21H2,1-4H3/b27-22+. The number of nitrogens with zero attached hydrogens (tertiary/aromatic N) is 5. The third kappa shape index (κ3) is 7.98. The summed E-state index contributed by atoms with van der Waals surface area (Å²) < 4.78 is 2.29. The molecule has 1 amide bonds. The fraction of sp³-hybridized carbons (Fsp3) is 0.677. The van der Waals surface area contributed by atoms with Crippen LogP contribution in [0.5, 0.6) is 0 Å². The maximum absolute atomic E-state index is 13.5. The average molecular weight is 586 g/mol. The predicted octanol–water partition coefficient (Wildman–Crippen LogP) is 6.31. The van der Waals surface area contributed by atoms with Crippen molar-refractivity contribution in [3.05, 3.63) is 31.9 Å². The SMILES string of the molecule is CCCCCCCCCCCCN1C(=O)/C(=C\c2c(C)c(C#N)c(=O)n(CC)c2N2CCN(CC)CC2)SC1=S. The lowest BCUT2D eigenvalue weighted by Gasteiger charge is -2.37. The number of thiocarbonyl (C=S) groups is 1. The van der Waals surface area contributed by atoms with Crippen LogP contribution in [-0.2, 0) is 11.3 Å². The largest absolute Gasteiger partial charge is 0.355 e. The predicted molar refractivity (Wildman–Crippen MR) is 172 cm³/mol. The Hall–Kier alpha value is -2.15. The van der Waals surface area contributed by atoms with E-state index in [1.807, 2.05) is 19.9 Å². The lowest BCUT2D eigenvalue weighted by Crippen LogP contribution is -2.48. The van der Waals surface area contributed by atoms with E-state index in [0.717, 1.165) is 56.9 Å². The second-order valence-corrected chi connectivity index (χ2v) is 12.5. The van der Waals surface area contributed by atoms with Crippen LogP contribution >= 0.6 is 24.0 Å². The number of rotatable bonds is 15. The second-order valence-electron chi connectivity index (χ2n) is 10.8. The molecule has 220 valence electrons. The third-order valence-corrected chi connectivity index (χ3v) is 9.54. The third-order valence-electron chi connectivity index (χ3n) is 8.17. The molecule has 3 heterocycles. The summed E-state index contributed by atoms with van der Waals surface area (Å²) in [6.07, 6.45) is 14.3. The van der Waals surface area contributed by atoms with Gasteiger partial charge >= 0.3 is 0 Å². The van der Waals surface area contributed by atoms with Crippen LogP contribution in [0.25, 0.3) is 6.08 Å². The van der Waals surface area contributed by atoms with Gasteiger partial charge in [-0.15, -0.1) is 0 Å². The summed E-state index contributed by atoms with van der Waals surface area (Å²) >= 11 is 6.95. The molecule has 0 aromatic carbocycles. The van der Waals surface area contributed by atoms with Gasteiger partial charge in [-0.2, -0.15) is 5.26 Å². The number of carbonyl (C=O) groups is 1. The van der Waals surface area contributed by atoms with Crippen LogP contribution < -0.4 is 10.5 Å². The minimum absolute atomic E-state index is 0.0696. The first kappa shape index (κ1) is 32.4. The number of amides is 1. The van der Waals surface area contributed by atoms with Crippen molar-refractivity contribution in [3.63, 3.8) is 0 Å². The van der Waals surface area contributed by atoms with Crippen molar-refractivity contribution >= 4 is 46.1 Å². The van der Waals surface area contributed by atoms with E-state index in [9.17, 15) is 14.9 Å². The Morgan fingerprint density at radius 2 is 1.50 bits per heavy atom. The maximum atomic E-state index is 13.5. The monoisotopic (exact) mass is 585 g/mol. The Bertz CT molecular complexity index is 1160. The minimum Gasteiger partial charge on any atom is -0.355 e. The van der Waals surface area contributed by atoms with Crippen molar-refractivity contribution in [2.45, 2.75) is 98.4 Å². The molecule has 3 rings (SSSR count). The molecular weight excluding hydrogens is 539 g/mol. The number of anilines is 1. The molecule has 0 unspecified atom stereocenters. The zero-order valence-corrected chi connectivity index (χ0v) is 26.6. The lowest BCUT2D eigenvalue weighted by molar-refractivity contribution is -0.122. The van der Waals surface area contributed by atoms with Gasteiger partial charge in [0.05, 0.1) is 4.91 Å². The van der Waals surface area contributed by atoms with E-state index in [4.69, 9.17) is 12.2 Å². The minimum atomic E-state index is -0.263. The average Bonchev–Trinajstić information content (AvgIpc) is 3.22. The van der Waals surface area contributed by atoms with Crippen LogP contribution in [0, 0.1) is 18.3 Å². The summed E-state index contributed by atoms with van der Waals surface area (Å²) in [5.41, 5.74) is 1.29. The molecule has 2 aliphatic rings. The Balaban J connectivity index is 1.73. The number of likely N-dealkylation sites (N-methyl/N-ethyl adjacent to an activating group) is 1. The van der Waals surface area contributed by atoms with Gasteiger partial charge in [0.15, 0.2) is 0 Å². The number of carbonyl (C=O) groups excluding carboxylic acids is 1. The molecule has 1 aromatic rings. The first-order chi connectivity index (χ1) is 19.4. The van der Waals surface area contributed by atoms with Crippen molar-refractivity contribution in [2.75, 3.05) is 44.2 Å². The van der Waals surface area contributed by atoms with Gasteiger partial charge in [-0.25, -0.2) is 0 Å². The Morgan fingerprint density at radius 3 is 2.05 bits per heavy atom. The number of nitriles is 1. The Morgan fingerprint density at radius 1 is 0.900 bits per heavy atom. The molecule has 2 fully saturated rings. The number of piperazine rings is 1. The van der Waals surface area contributed by atoms with Crippen LogP contribution in [0.1, 0.15) is 102 Å². The summed E-state index contributed by atoms with van der Waals surface area (Å²) in [5, 5.41) is 9.83. The zero-order valence-electron chi connectivity index (χ0n) is 25.0. The molecule has 0 bridgehead atoms. The van der Waals surface area contributed by atoms with Crippen molar-refractivity contribution in [1.29, 1.82) is 5.26 Å². The van der Waals surface area contributed by atoms with Gasteiger partial charge in [-0.05, 0) is 38.5 Å². The molecule has 2 saturated heterocycles. The highest BCUT2D eigenvalue weighted by molar-refractivity contribution is 8.26. The number of hydrogen-bond donors (Lipinski definition) is 0. The molecule has 0 radical (unpaired) electrons.